The number of para-hydroxylation sites is 1. The van der Waals surface area contributed by atoms with Crippen LogP contribution in [0.2, 0.25) is 0 Å². The molecule has 0 saturated carbocycles. The van der Waals surface area contributed by atoms with Crippen LogP contribution in [-0.2, 0) is 6.42 Å². The van der Waals surface area contributed by atoms with Crippen molar-refractivity contribution in [3.63, 3.8) is 0 Å². The Hall–Kier alpha value is -0.870. The SMILES string of the molecule is CC(C)(N)Cc1nc2c(Br)cccc2[nH]1. The van der Waals surface area contributed by atoms with Crippen LogP contribution in [-0.4, -0.2) is 15.5 Å². The first-order valence-corrected chi connectivity index (χ1v) is 5.67. The predicted octanol–water partition coefficient (Wildman–Crippen LogP) is 2.61. The first-order valence-electron chi connectivity index (χ1n) is 4.88. The van der Waals surface area contributed by atoms with Gasteiger partial charge in [0.2, 0.25) is 0 Å². The summed E-state index contributed by atoms with van der Waals surface area (Å²) in [5.41, 5.74) is 7.73. The lowest BCUT2D eigenvalue weighted by Gasteiger charge is -2.15. The number of nitrogens with one attached hydrogen (secondary N) is 1. The molecule has 0 saturated heterocycles. The van der Waals surface area contributed by atoms with Crippen LogP contribution in [0, 0.1) is 0 Å². The third-order valence-electron chi connectivity index (χ3n) is 2.14. The van der Waals surface area contributed by atoms with Gasteiger partial charge >= 0.3 is 0 Å². The van der Waals surface area contributed by atoms with E-state index in [1.807, 2.05) is 32.0 Å². The second-order valence-corrected chi connectivity index (χ2v) is 5.34. The zero-order valence-corrected chi connectivity index (χ0v) is 10.4. The lowest BCUT2D eigenvalue weighted by atomic mass is 10.0. The minimum atomic E-state index is -0.236. The smallest absolute Gasteiger partial charge is 0.109 e. The van der Waals surface area contributed by atoms with Gasteiger partial charge in [0.1, 0.15) is 11.3 Å². The number of benzene rings is 1. The Bertz CT molecular complexity index is 482. The fraction of sp³-hybridized carbons (Fsp3) is 0.364. The van der Waals surface area contributed by atoms with E-state index in [2.05, 4.69) is 25.9 Å². The number of rotatable bonds is 2. The van der Waals surface area contributed by atoms with Crippen molar-refractivity contribution >= 4 is 27.0 Å². The maximum absolute atomic E-state index is 5.96. The van der Waals surface area contributed by atoms with Gasteiger partial charge in [-0.3, -0.25) is 0 Å². The first kappa shape index (κ1) is 10.6. The fourth-order valence-electron chi connectivity index (χ4n) is 1.56. The number of H-pyrrole nitrogens is 1. The Kier molecular flexibility index (Phi) is 2.56. The van der Waals surface area contributed by atoms with Crippen molar-refractivity contribution in [3.8, 4) is 0 Å². The van der Waals surface area contributed by atoms with E-state index in [1.54, 1.807) is 0 Å². The molecule has 1 aromatic carbocycles. The van der Waals surface area contributed by atoms with E-state index in [0.717, 1.165) is 27.8 Å². The molecular weight excluding hydrogens is 254 g/mol. The van der Waals surface area contributed by atoms with Crippen LogP contribution < -0.4 is 5.73 Å². The highest BCUT2D eigenvalue weighted by Gasteiger charge is 2.15. The summed E-state index contributed by atoms with van der Waals surface area (Å²) >= 11 is 3.48. The number of hydrogen-bond donors (Lipinski definition) is 2. The molecule has 0 unspecified atom stereocenters. The van der Waals surface area contributed by atoms with Crippen LogP contribution in [0.4, 0.5) is 0 Å². The maximum Gasteiger partial charge on any atom is 0.109 e. The molecule has 1 heterocycles. The van der Waals surface area contributed by atoms with Gasteiger partial charge in [0, 0.05) is 16.4 Å². The summed E-state index contributed by atoms with van der Waals surface area (Å²) in [4.78, 5) is 7.79. The Morgan fingerprint density at radius 1 is 1.47 bits per heavy atom. The molecule has 15 heavy (non-hydrogen) atoms. The number of nitrogens with zero attached hydrogens (tertiary/aromatic N) is 1. The van der Waals surface area contributed by atoms with E-state index < -0.39 is 0 Å². The molecule has 0 amide bonds. The van der Waals surface area contributed by atoms with Crippen LogP contribution in [0.25, 0.3) is 11.0 Å². The van der Waals surface area contributed by atoms with Crippen molar-refractivity contribution in [3.05, 3.63) is 28.5 Å². The number of aromatic amines is 1. The van der Waals surface area contributed by atoms with Gasteiger partial charge in [-0.2, -0.15) is 0 Å². The molecule has 0 radical (unpaired) electrons. The predicted molar refractivity (Wildman–Crippen MR) is 65.8 cm³/mol. The lowest BCUT2D eigenvalue weighted by molar-refractivity contribution is 0.505. The van der Waals surface area contributed by atoms with E-state index in [-0.39, 0.29) is 5.54 Å². The molecule has 3 nitrogen and oxygen atoms in total. The number of aromatic nitrogens is 2. The molecule has 0 fully saturated rings. The van der Waals surface area contributed by atoms with Crippen LogP contribution in [0.3, 0.4) is 0 Å². The molecule has 2 rings (SSSR count). The molecule has 0 aliphatic heterocycles. The van der Waals surface area contributed by atoms with Crippen LogP contribution in [0.1, 0.15) is 19.7 Å². The lowest BCUT2D eigenvalue weighted by Crippen LogP contribution is -2.34. The first-order chi connectivity index (χ1) is 6.96. The van der Waals surface area contributed by atoms with Crippen LogP contribution in [0.5, 0.6) is 0 Å². The van der Waals surface area contributed by atoms with Crippen molar-refractivity contribution in [1.29, 1.82) is 0 Å². The molecule has 1 aromatic heterocycles. The average molecular weight is 268 g/mol. The highest BCUT2D eigenvalue weighted by molar-refractivity contribution is 9.10. The minimum Gasteiger partial charge on any atom is -0.342 e. The Morgan fingerprint density at radius 2 is 2.20 bits per heavy atom. The molecule has 0 aliphatic rings. The van der Waals surface area contributed by atoms with Crippen molar-refractivity contribution in [1.82, 2.24) is 9.97 Å². The van der Waals surface area contributed by atoms with Gasteiger partial charge in [0.15, 0.2) is 0 Å². The largest absolute Gasteiger partial charge is 0.342 e. The fourth-order valence-corrected chi connectivity index (χ4v) is 2.02. The zero-order valence-electron chi connectivity index (χ0n) is 8.84. The Balaban J connectivity index is 2.44. The van der Waals surface area contributed by atoms with Crippen molar-refractivity contribution in [2.24, 2.45) is 5.73 Å². The number of hydrogen-bond acceptors (Lipinski definition) is 2. The van der Waals surface area contributed by atoms with Gasteiger partial charge in [-0.05, 0) is 41.9 Å². The average Bonchev–Trinajstić information content (AvgIpc) is 2.45. The quantitative estimate of drug-likeness (QED) is 0.879. The molecule has 0 bridgehead atoms. The maximum atomic E-state index is 5.96. The normalized spacial score (nSPS) is 12.3. The topological polar surface area (TPSA) is 54.7 Å². The van der Waals surface area contributed by atoms with E-state index >= 15 is 0 Å². The third kappa shape index (κ3) is 2.38. The molecule has 3 N–H and O–H groups in total. The van der Waals surface area contributed by atoms with Gasteiger partial charge in [0.05, 0.1) is 5.52 Å². The molecule has 4 heteroatoms. The van der Waals surface area contributed by atoms with E-state index in [9.17, 15) is 0 Å². The van der Waals surface area contributed by atoms with E-state index in [4.69, 9.17) is 5.73 Å². The van der Waals surface area contributed by atoms with Gasteiger partial charge in [-0.25, -0.2) is 4.98 Å². The highest BCUT2D eigenvalue weighted by atomic mass is 79.9. The standard InChI is InChI=1S/C11H14BrN3/c1-11(2,13)6-9-14-8-5-3-4-7(12)10(8)15-9/h3-5H,6,13H2,1-2H3,(H,14,15). The Morgan fingerprint density at radius 3 is 2.80 bits per heavy atom. The number of imidazole rings is 1. The summed E-state index contributed by atoms with van der Waals surface area (Å²) in [5.74, 6) is 0.935. The summed E-state index contributed by atoms with van der Waals surface area (Å²) in [5, 5.41) is 0. The third-order valence-corrected chi connectivity index (χ3v) is 2.78. The van der Waals surface area contributed by atoms with Gasteiger partial charge in [0.25, 0.3) is 0 Å². The van der Waals surface area contributed by atoms with Crippen molar-refractivity contribution in [2.75, 3.05) is 0 Å². The molecule has 0 aliphatic carbocycles. The summed E-state index contributed by atoms with van der Waals surface area (Å²) in [6, 6.07) is 5.99. The number of halogens is 1. The van der Waals surface area contributed by atoms with Crippen LogP contribution >= 0.6 is 15.9 Å². The highest BCUT2D eigenvalue weighted by Crippen LogP contribution is 2.22. The summed E-state index contributed by atoms with van der Waals surface area (Å²) in [6.45, 7) is 3.99. The Labute approximate surface area is 97.2 Å². The number of fused-ring (bicyclic) bond motifs is 1. The second kappa shape index (κ2) is 3.61. The van der Waals surface area contributed by atoms with Gasteiger partial charge in [-0.15, -0.1) is 0 Å². The second-order valence-electron chi connectivity index (χ2n) is 4.48. The molecule has 2 aromatic rings. The molecule has 0 spiro atoms. The van der Waals surface area contributed by atoms with Gasteiger partial charge < -0.3 is 10.7 Å². The van der Waals surface area contributed by atoms with E-state index in [1.165, 1.54) is 0 Å². The van der Waals surface area contributed by atoms with Gasteiger partial charge in [-0.1, -0.05) is 6.07 Å². The van der Waals surface area contributed by atoms with Crippen molar-refractivity contribution in [2.45, 2.75) is 25.8 Å². The minimum absolute atomic E-state index is 0.236. The number of nitrogens with two attached hydrogens (primary N) is 1. The summed E-state index contributed by atoms with van der Waals surface area (Å²) in [6.07, 6.45) is 0.744. The van der Waals surface area contributed by atoms with Crippen molar-refractivity contribution < 1.29 is 0 Å². The zero-order chi connectivity index (χ0) is 11.1. The van der Waals surface area contributed by atoms with Crippen LogP contribution in [0.15, 0.2) is 22.7 Å². The molecule has 80 valence electrons. The summed E-state index contributed by atoms with van der Waals surface area (Å²) < 4.78 is 1.01. The molecular formula is C11H14BrN3. The monoisotopic (exact) mass is 267 g/mol. The summed E-state index contributed by atoms with van der Waals surface area (Å²) in [7, 11) is 0. The molecule has 0 atom stereocenters. The van der Waals surface area contributed by atoms with E-state index in [0.29, 0.717) is 0 Å².